The van der Waals surface area contributed by atoms with Gasteiger partial charge in [-0.2, -0.15) is 0 Å². The summed E-state index contributed by atoms with van der Waals surface area (Å²) in [6, 6.07) is 10.2. The van der Waals surface area contributed by atoms with Gasteiger partial charge >= 0.3 is 0 Å². The molecule has 1 fully saturated rings. The van der Waals surface area contributed by atoms with Crippen molar-refractivity contribution < 1.29 is 13.9 Å². The molecule has 1 unspecified atom stereocenters. The van der Waals surface area contributed by atoms with E-state index in [0.717, 1.165) is 48.4 Å². The second-order valence-corrected chi connectivity index (χ2v) is 7.12. The van der Waals surface area contributed by atoms with E-state index in [9.17, 15) is 0 Å². The highest BCUT2D eigenvalue weighted by Gasteiger charge is 2.24. The van der Waals surface area contributed by atoms with Crippen LogP contribution in [0.1, 0.15) is 36.6 Å². The molecule has 2 aliphatic rings. The number of piperidine rings is 1. The summed E-state index contributed by atoms with van der Waals surface area (Å²) in [6.45, 7) is 3.91. The van der Waals surface area contributed by atoms with Crippen LogP contribution in [-0.4, -0.2) is 44.3 Å². The van der Waals surface area contributed by atoms with Crippen LogP contribution < -0.4 is 20.1 Å². The van der Waals surface area contributed by atoms with E-state index in [4.69, 9.17) is 13.9 Å². The maximum Gasteiger partial charge on any atom is 0.231 e. The Balaban J connectivity index is 0.00000240. The number of hydrogen-bond donors (Lipinski definition) is 2. The number of hydrogen-bond acceptors (Lipinski definition) is 5. The van der Waals surface area contributed by atoms with Crippen molar-refractivity contribution in [2.75, 3.05) is 33.5 Å². The molecule has 7 nitrogen and oxygen atoms in total. The van der Waals surface area contributed by atoms with Crippen molar-refractivity contribution in [2.24, 2.45) is 4.99 Å². The quantitative estimate of drug-likeness (QED) is 0.351. The van der Waals surface area contributed by atoms with Crippen molar-refractivity contribution in [1.82, 2.24) is 15.5 Å². The summed E-state index contributed by atoms with van der Waals surface area (Å²) < 4.78 is 16.5. The zero-order valence-corrected chi connectivity index (χ0v) is 19.1. The fourth-order valence-electron chi connectivity index (χ4n) is 3.77. The molecular formula is C21H29IN4O3. The van der Waals surface area contributed by atoms with Crippen LogP contribution in [0.25, 0.3) is 0 Å². The highest BCUT2D eigenvalue weighted by atomic mass is 127. The van der Waals surface area contributed by atoms with Crippen LogP contribution in [0.2, 0.25) is 0 Å². The summed E-state index contributed by atoms with van der Waals surface area (Å²) in [7, 11) is 1.79. The molecular weight excluding hydrogens is 483 g/mol. The molecule has 8 heteroatoms. The first-order valence-electron chi connectivity index (χ1n) is 9.94. The van der Waals surface area contributed by atoms with Gasteiger partial charge in [0.2, 0.25) is 6.79 Å². The summed E-state index contributed by atoms with van der Waals surface area (Å²) in [5.74, 6) is 3.37. The van der Waals surface area contributed by atoms with Gasteiger partial charge in [-0.25, -0.2) is 0 Å². The second-order valence-electron chi connectivity index (χ2n) is 7.12. The molecule has 0 bridgehead atoms. The summed E-state index contributed by atoms with van der Waals surface area (Å²) in [5, 5.41) is 6.83. The molecule has 158 valence electrons. The Hall–Kier alpha value is -1.94. The number of nitrogens with zero attached hydrogens (tertiary/aromatic N) is 2. The van der Waals surface area contributed by atoms with Crippen LogP contribution in [0.15, 0.2) is 46.0 Å². The zero-order chi connectivity index (χ0) is 19.2. The number of halogens is 1. The molecule has 0 aliphatic carbocycles. The molecule has 2 aliphatic heterocycles. The van der Waals surface area contributed by atoms with Crippen molar-refractivity contribution in [2.45, 2.75) is 31.8 Å². The summed E-state index contributed by atoms with van der Waals surface area (Å²) in [5.41, 5.74) is 1.12. The van der Waals surface area contributed by atoms with Gasteiger partial charge in [-0.05, 0) is 55.8 Å². The summed E-state index contributed by atoms with van der Waals surface area (Å²) >= 11 is 0. The third-order valence-electron chi connectivity index (χ3n) is 5.29. The van der Waals surface area contributed by atoms with Crippen LogP contribution >= 0.6 is 24.0 Å². The van der Waals surface area contributed by atoms with Gasteiger partial charge in [-0.15, -0.1) is 24.0 Å². The molecule has 1 atom stereocenters. The van der Waals surface area contributed by atoms with Gasteiger partial charge in [0.1, 0.15) is 5.76 Å². The molecule has 0 spiro atoms. The first-order valence-corrected chi connectivity index (χ1v) is 9.94. The molecule has 0 saturated carbocycles. The van der Waals surface area contributed by atoms with E-state index in [1.807, 2.05) is 24.3 Å². The number of furan rings is 1. The monoisotopic (exact) mass is 512 g/mol. The standard InChI is InChI=1S/C21H28N4O3.HI/c1-22-21(23-13-16-7-8-19-20(12-16)28-15-27-19)24-14-17(18-6-5-11-26-18)25-9-3-2-4-10-25;/h5-8,11-12,17H,2-4,9-10,13-15H2,1H3,(H2,22,23,24);1H. The minimum absolute atomic E-state index is 0. The van der Waals surface area contributed by atoms with Gasteiger partial charge in [0.05, 0.1) is 12.3 Å². The SMILES string of the molecule is CN=C(NCc1ccc2c(c1)OCO2)NCC(c1ccco1)N1CCCCC1.I. The van der Waals surface area contributed by atoms with Crippen LogP contribution in [0.4, 0.5) is 0 Å². The van der Waals surface area contributed by atoms with Crippen LogP contribution in [-0.2, 0) is 6.54 Å². The highest BCUT2D eigenvalue weighted by Crippen LogP contribution is 2.32. The molecule has 3 heterocycles. The Morgan fingerprint density at radius 2 is 1.93 bits per heavy atom. The van der Waals surface area contributed by atoms with Gasteiger partial charge in [-0.3, -0.25) is 9.89 Å². The van der Waals surface area contributed by atoms with Crippen LogP contribution in [0, 0.1) is 0 Å². The number of fused-ring (bicyclic) bond motifs is 1. The maximum absolute atomic E-state index is 5.72. The Morgan fingerprint density at radius 1 is 1.10 bits per heavy atom. The maximum atomic E-state index is 5.72. The number of aliphatic imine (C=N–C) groups is 1. The predicted octanol–water partition coefficient (Wildman–Crippen LogP) is 3.52. The lowest BCUT2D eigenvalue weighted by atomic mass is 10.1. The number of nitrogens with one attached hydrogen (secondary N) is 2. The summed E-state index contributed by atoms with van der Waals surface area (Å²) in [4.78, 5) is 6.86. The van der Waals surface area contributed by atoms with Crippen LogP contribution in [0.3, 0.4) is 0 Å². The average Bonchev–Trinajstić information content (AvgIpc) is 3.43. The van der Waals surface area contributed by atoms with Gasteiger partial charge in [-0.1, -0.05) is 12.5 Å². The van der Waals surface area contributed by atoms with E-state index < -0.39 is 0 Å². The highest BCUT2D eigenvalue weighted by molar-refractivity contribution is 14.0. The smallest absolute Gasteiger partial charge is 0.231 e. The van der Waals surface area contributed by atoms with E-state index in [1.165, 1.54) is 19.3 Å². The van der Waals surface area contributed by atoms with E-state index in [1.54, 1.807) is 13.3 Å². The molecule has 0 amide bonds. The third-order valence-corrected chi connectivity index (χ3v) is 5.29. The number of rotatable bonds is 6. The zero-order valence-electron chi connectivity index (χ0n) is 16.7. The van der Waals surface area contributed by atoms with E-state index >= 15 is 0 Å². The molecule has 1 aromatic heterocycles. The number of likely N-dealkylation sites (tertiary alicyclic amines) is 1. The molecule has 2 aromatic rings. The lowest BCUT2D eigenvalue weighted by Gasteiger charge is -2.33. The Kier molecular flexibility index (Phi) is 8.05. The second kappa shape index (κ2) is 10.7. The number of guanidine groups is 1. The molecule has 1 saturated heterocycles. The largest absolute Gasteiger partial charge is 0.468 e. The minimum Gasteiger partial charge on any atom is -0.468 e. The first kappa shape index (κ1) is 21.8. The van der Waals surface area contributed by atoms with E-state index in [-0.39, 0.29) is 30.0 Å². The van der Waals surface area contributed by atoms with Crippen LogP contribution in [0.5, 0.6) is 11.5 Å². The van der Waals surface area contributed by atoms with Crippen molar-refractivity contribution in [1.29, 1.82) is 0 Å². The van der Waals surface area contributed by atoms with Crippen molar-refractivity contribution in [3.05, 3.63) is 47.9 Å². The first-order chi connectivity index (χ1) is 13.8. The number of ether oxygens (including phenoxy) is 2. The van der Waals surface area contributed by atoms with E-state index in [0.29, 0.717) is 13.3 Å². The van der Waals surface area contributed by atoms with Crippen molar-refractivity contribution in [3.8, 4) is 11.5 Å². The summed E-state index contributed by atoms with van der Waals surface area (Å²) in [6.07, 6.45) is 5.55. The fourth-order valence-corrected chi connectivity index (χ4v) is 3.77. The average molecular weight is 512 g/mol. The van der Waals surface area contributed by atoms with Crippen molar-refractivity contribution in [3.63, 3.8) is 0 Å². The minimum atomic E-state index is 0. The topological polar surface area (TPSA) is 71.3 Å². The Morgan fingerprint density at radius 3 is 2.69 bits per heavy atom. The lowest BCUT2D eigenvalue weighted by Crippen LogP contribution is -2.44. The lowest BCUT2D eigenvalue weighted by molar-refractivity contribution is 0.146. The number of benzene rings is 1. The normalized spacial score (nSPS) is 17.5. The fraction of sp³-hybridized carbons (Fsp3) is 0.476. The van der Waals surface area contributed by atoms with Crippen molar-refractivity contribution >= 4 is 29.9 Å². The third kappa shape index (κ3) is 5.57. The Labute approximate surface area is 188 Å². The van der Waals surface area contributed by atoms with Gasteiger partial charge in [0.25, 0.3) is 0 Å². The van der Waals surface area contributed by atoms with Gasteiger partial charge in [0.15, 0.2) is 17.5 Å². The molecule has 2 N–H and O–H groups in total. The Bertz CT molecular complexity index is 791. The van der Waals surface area contributed by atoms with Gasteiger partial charge in [0, 0.05) is 20.1 Å². The molecule has 29 heavy (non-hydrogen) atoms. The molecule has 1 aromatic carbocycles. The van der Waals surface area contributed by atoms with Gasteiger partial charge < -0.3 is 24.5 Å². The predicted molar refractivity (Wildman–Crippen MR) is 123 cm³/mol. The molecule has 0 radical (unpaired) electrons. The van der Waals surface area contributed by atoms with E-state index in [2.05, 4.69) is 26.6 Å². The molecule has 4 rings (SSSR count).